The van der Waals surface area contributed by atoms with Crippen LogP contribution < -0.4 is 27.2 Å². The average Bonchev–Trinajstić information content (AvgIpc) is 3.99. The molecule has 394 valence electrons. The number of carbonyl (C=O) groups is 1. The van der Waals surface area contributed by atoms with Crippen molar-refractivity contribution in [3.8, 4) is 11.8 Å². The highest BCUT2D eigenvalue weighted by molar-refractivity contribution is 5.90. The van der Waals surface area contributed by atoms with Gasteiger partial charge in [-0.15, -0.1) is 11.0 Å². The summed E-state index contributed by atoms with van der Waals surface area (Å²) in [5, 5.41) is 112. The number of ether oxygens (including phenoxy) is 1. The molecule has 13 N–H and O–H groups in total. The highest BCUT2D eigenvalue weighted by atomic mass is 16.5. The van der Waals surface area contributed by atoms with Gasteiger partial charge in [-0.2, -0.15) is 4.98 Å². The van der Waals surface area contributed by atoms with Gasteiger partial charge in [0.25, 0.3) is 5.56 Å². The van der Waals surface area contributed by atoms with Crippen molar-refractivity contribution in [2.24, 2.45) is 12.8 Å². The number of imidazole rings is 1. The number of hydrogen-bond donors (Lipinski definition) is 12. The van der Waals surface area contributed by atoms with Gasteiger partial charge in [-0.05, 0) is 44.7 Å². The van der Waals surface area contributed by atoms with Crippen LogP contribution in [0.3, 0.4) is 0 Å². The Bertz CT molecular complexity index is 2490. The van der Waals surface area contributed by atoms with Crippen LogP contribution in [0.15, 0.2) is 27.9 Å². The van der Waals surface area contributed by atoms with Gasteiger partial charge in [0.05, 0.1) is 62.6 Å². The van der Waals surface area contributed by atoms with Gasteiger partial charge in [-0.25, -0.2) is 14.6 Å². The summed E-state index contributed by atoms with van der Waals surface area (Å²) >= 11 is 0. The number of pyridine rings is 1. The number of methoxy groups -OCH3 is 1. The van der Waals surface area contributed by atoms with Crippen molar-refractivity contribution in [2.75, 3.05) is 63.3 Å². The maximum atomic E-state index is 14.3. The lowest BCUT2D eigenvalue weighted by Gasteiger charge is -2.33. The molecule has 71 heavy (non-hydrogen) atoms. The minimum atomic E-state index is -1.92. The van der Waals surface area contributed by atoms with Crippen molar-refractivity contribution < 1.29 is 60.6 Å². The maximum absolute atomic E-state index is 14.3. The molecule has 4 aromatic heterocycles. The van der Waals surface area contributed by atoms with Crippen LogP contribution in [-0.4, -0.2) is 209 Å². The number of rotatable bonds is 28. The van der Waals surface area contributed by atoms with Crippen LogP contribution in [0.25, 0.3) is 11.2 Å². The molecule has 4 aromatic rings. The molecule has 9 atom stereocenters. The molecular weight excluding hydrogens is 933 g/mol. The number of aryl methyl sites for hydroxylation is 2. The third-order valence-corrected chi connectivity index (χ3v) is 12.4. The van der Waals surface area contributed by atoms with Crippen molar-refractivity contribution in [1.82, 2.24) is 43.6 Å². The van der Waals surface area contributed by atoms with Crippen molar-refractivity contribution in [3.63, 3.8) is 0 Å². The molecule has 1 aliphatic rings. The second-order valence-electron chi connectivity index (χ2n) is 17.8. The molecule has 0 aliphatic carbocycles. The topological polar surface area (TPSA) is 379 Å². The van der Waals surface area contributed by atoms with Crippen LogP contribution in [0, 0.1) is 11.8 Å². The fourth-order valence-corrected chi connectivity index (χ4v) is 8.38. The number of unbranched alkanes of at least 4 members (excludes halogenated alkanes) is 4. The van der Waals surface area contributed by atoms with E-state index >= 15 is 0 Å². The molecule has 0 bridgehead atoms. The normalized spacial score (nSPS) is 17.6. The van der Waals surface area contributed by atoms with E-state index in [9.17, 15) is 55.2 Å². The molecule has 0 saturated carbocycles. The monoisotopic (exact) mass is 1000 g/mol. The summed E-state index contributed by atoms with van der Waals surface area (Å²) in [5.74, 6) is 6.13. The SMILES string of the molecule is CC#CCn1c(N2CCC[C@@H](N)C2)nc2c1c(=O)n(Cc1nc(NCCCCCCCn3cc(CN(CC(O)[C@@H](O)C(O)[C@H](O)CO)C[C@H](O)[C@@H](O)[C@H](O)[C@H](O)CO)nn3)ccc1C(=O)OC)c(=O)n2C. The van der Waals surface area contributed by atoms with Gasteiger partial charge in [0, 0.05) is 65.1 Å². The van der Waals surface area contributed by atoms with E-state index in [4.69, 9.17) is 25.7 Å². The smallest absolute Gasteiger partial charge is 0.339 e. The van der Waals surface area contributed by atoms with Gasteiger partial charge >= 0.3 is 11.7 Å². The van der Waals surface area contributed by atoms with Crippen molar-refractivity contribution in [1.29, 1.82) is 0 Å². The number of nitrogens with zero attached hydrogens (tertiary/aromatic N) is 10. The number of esters is 1. The molecule has 26 heteroatoms. The van der Waals surface area contributed by atoms with E-state index in [1.165, 1.54) is 29.7 Å². The Hall–Kier alpha value is -5.41. The lowest BCUT2D eigenvalue weighted by Crippen LogP contribution is -2.53. The van der Waals surface area contributed by atoms with Crippen molar-refractivity contribution >= 4 is 28.9 Å². The Labute approximate surface area is 409 Å². The molecule has 5 heterocycles. The summed E-state index contributed by atoms with van der Waals surface area (Å²) in [6.45, 7) is 0.973. The lowest BCUT2D eigenvalue weighted by atomic mass is 10.0. The van der Waals surface area contributed by atoms with E-state index in [1.807, 2.05) is 4.90 Å². The largest absolute Gasteiger partial charge is 0.465 e. The second kappa shape index (κ2) is 26.9. The summed E-state index contributed by atoms with van der Waals surface area (Å²) in [4.78, 5) is 53.7. The zero-order valence-corrected chi connectivity index (χ0v) is 40.3. The van der Waals surface area contributed by atoms with E-state index in [0.717, 1.165) is 49.5 Å². The fourth-order valence-electron chi connectivity index (χ4n) is 8.38. The van der Waals surface area contributed by atoms with Crippen LogP contribution in [0.4, 0.5) is 11.8 Å². The first-order valence-electron chi connectivity index (χ1n) is 23.6. The average molecular weight is 1000 g/mol. The second-order valence-corrected chi connectivity index (χ2v) is 17.8. The molecule has 1 saturated heterocycles. The summed E-state index contributed by atoms with van der Waals surface area (Å²) in [5.41, 5.74) is 6.03. The quantitative estimate of drug-likeness (QED) is 0.0145. The van der Waals surface area contributed by atoms with Gasteiger partial charge in [0.1, 0.15) is 42.4 Å². The van der Waals surface area contributed by atoms with Crippen LogP contribution in [0.1, 0.15) is 73.6 Å². The molecular formula is C45H70N12O14. The predicted molar refractivity (Wildman–Crippen MR) is 256 cm³/mol. The van der Waals surface area contributed by atoms with E-state index in [2.05, 4.69) is 32.5 Å². The molecule has 2 unspecified atom stereocenters. The van der Waals surface area contributed by atoms with Crippen molar-refractivity contribution in [2.45, 2.75) is 133 Å². The molecule has 1 aliphatic heterocycles. The van der Waals surface area contributed by atoms with E-state index in [0.29, 0.717) is 43.6 Å². The summed E-state index contributed by atoms with van der Waals surface area (Å²) in [6.07, 6.45) is -7.28. The Balaban J connectivity index is 1.17. The Morgan fingerprint density at radius 1 is 0.901 bits per heavy atom. The van der Waals surface area contributed by atoms with E-state index < -0.39 is 92.4 Å². The highest BCUT2D eigenvalue weighted by Crippen LogP contribution is 2.24. The van der Waals surface area contributed by atoms with Gasteiger partial charge in [0.15, 0.2) is 11.2 Å². The molecule has 0 radical (unpaired) electrons. The number of fused-ring (bicyclic) bond motifs is 1. The summed E-state index contributed by atoms with van der Waals surface area (Å²) < 4.78 is 10.7. The first kappa shape index (κ1) is 56.5. The lowest BCUT2D eigenvalue weighted by molar-refractivity contribution is -0.131. The third-order valence-electron chi connectivity index (χ3n) is 12.4. The molecule has 26 nitrogen and oxygen atoms in total. The maximum Gasteiger partial charge on any atom is 0.339 e. The van der Waals surface area contributed by atoms with Crippen LogP contribution in [-0.2, 0) is 38.0 Å². The summed E-state index contributed by atoms with van der Waals surface area (Å²) in [7, 11) is 2.77. The highest BCUT2D eigenvalue weighted by Gasteiger charge is 2.35. The standard InChI is InChI=1S/C45H70N12O14/c1-4-5-18-56-36-41(49-44(56)54-16-11-12-27(46)19-54)52(2)45(70)57(42(36)68)22-30-29(43(69)71-3)13-14-35(48-30)47-15-9-7-6-8-10-17-55-21-28(50-51-55)20-53(23-31(60)37(64)39(66)33(62)25-58)24-32(61)38(65)40(67)34(63)26-59/h13-14,21,27,31-34,37-40,58-67H,6-12,15-20,22-26,46H2,1-3H3,(H,47,48)/t27-,31+,32?,33-,34-,37-,38-,39-,40?/m1/s1. The number of aromatic nitrogens is 8. The molecule has 1 fully saturated rings. The van der Waals surface area contributed by atoms with Gasteiger partial charge in [0.2, 0.25) is 5.95 Å². The van der Waals surface area contributed by atoms with Crippen molar-refractivity contribution in [3.05, 3.63) is 56.1 Å². The van der Waals surface area contributed by atoms with Crippen LogP contribution in [0.5, 0.6) is 0 Å². The van der Waals surface area contributed by atoms with Crippen LogP contribution in [0.2, 0.25) is 0 Å². The first-order valence-corrected chi connectivity index (χ1v) is 23.6. The molecule has 0 aromatic carbocycles. The van der Waals surface area contributed by atoms with E-state index in [-0.39, 0.29) is 48.1 Å². The zero-order chi connectivity index (χ0) is 51.9. The van der Waals surface area contributed by atoms with E-state index in [1.54, 1.807) is 28.4 Å². The van der Waals surface area contributed by atoms with Gasteiger partial charge in [-0.3, -0.25) is 28.1 Å². The fraction of sp³-hybridized carbons (Fsp3) is 0.667. The Kier molecular flexibility index (Phi) is 21.4. The number of anilines is 2. The molecule has 0 spiro atoms. The van der Waals surface area contributed by atoms with Gasteiger partial charge in [-0.1, -0.05) is 30.4 Å². The number of carbonyl (C=O) groups excluding carboxylic acids is 1. The zero-order valence-electron chi connectivity index (χ0n) is 40.3. The molecule has 5 rings (SSSR count). The summed E-state index contributed by atoms with van der Waals surface area (Å²) in [6, 6.07) is 3.09. The number of hydrogen-bond acceptors (Lipinski definition) is 22. The predicted octanol–water partition coefficient (Wildman–Crippen LogP) is -4.59. The minimum Gasteiger partial charge on any atom is -0.465 e. The Morgan fingerprint density at radius 2 is 1.54 bits per heavy atom. The number of aliphatic hydroxyl groups is 10. The number of aliphatic hydroxyl groups excluding tert-OH is 10. The first-order chi connectivity index (χ1) is 33.9. The number of nitrogens with one attached hydrogen (secondary N) is 1. The third kappa shape index (κ3) is 14.6. The number of piperidine rings is 1. The van der Waals surface area contributed by atoms with Gasteiger partial charge < -0.3 is 71.8 Å². The minimum absolute atomic E-state index is 0.0727. The molecule has 0 amide bonds. The number of nitrogens with two attached hydrogens (primary N) is 1. The van der Waals surface area contributed by atoms with Crippen LogP contribution >= 0.6 is 0 Å². The Morgan fingerprint density at radius 3 is 2.15 bits per heavy atom.